The van der Waals surface area contributed by atoms with Gasteiger partial charge in [0.25, 0.3) is 0 Å². The summed E-state index contributed by atoms with van der Waals surface area (Å²) in [4.78, 5) is 13.7. The van der Waals surface area contributed by atoms with Gasteiger partial charge < -0.3 is 5.73 Å². The number of aromatic nitrogens is 1. The van der Waals surface area contributed by atoms with E-state index < -0.39 is 0 Å². The zero-order valence-corrected chi connectivity index (χ0v) is 7.53. The van der Waals surface area contributed by atoms with E-state index in [2.05, 4.69) is 10.2 Å². The maximum Gasteiger partial charge on any atom is 0.129 e. The van der Waals surface area contributed by atoms with E-state index in [0.29, 0.717) is 17.3 Å². The molecule has 0 aliphatic carbocycles. The number of hydrogen-bond acceptors (Lipinski definition) is 4. The van der Waals surface area contributed by atoms with Gasteiger partial charge in [0.2, 0.25) is 0 Å². The summed E-state index contributed by atoms with van der Waals surface area (Å²) >= 11 is 5.58. The van der Waals surface area contributed by atoms with Crippen LogP contribution in [0.5, 0.6) is 0 Å². The number of allylic oxidation sites excluding steroid dienone is 1. The van der Waals surface area contributed by atoms with Gasteiger partial charge in [-0.2, -0.15) is 0 Å². The summed E-state index contributed by atoms with van der Waals surface area (Å²) in [5.41, 5.74) is 6.75. The molecule has 5 heteroatoms. The summed E-state index contributed by atoms with van der Waals surface area (Å²) in [5.74, 6) is 0. The Bertz CT molecular complexity index is 321. The van der Waals surface area contributed by atoms with Crippen molar-refractivity contribution in [1.29, 1.82) is 0 Å². The van der Waals surface area contributed by atoms with Crippen LogP contribution < -0.4 is 5.73 Å². The van der Waals surface area contributed by atoms with E-state index in [9.17, 15) is 4.91 Å². The van der Waals surface area contributed by atoms with Crippen molar-refractivity contribution in [2.75, 3.05) is 0 Å². The van der Waals surface area contributed by atoms with Gasteiger partial charge in [0, 0.05) is 18.3 Å². The van der Waals surface area contributed by atoms with Crippen LogP contribution in [0.1, 0.15) is 5.56 Å². The maximum absolute atomic E-state index is 9.82. The third-order valence-corrected chi connectivity index (χ3v) is 1.64. The smallest absolute Gasteiger partial charge is 0.129 e. The molecule has 0 atom stereocenters. The lowest BCUT2D eigenvalue weighted by molar-refractivity contribution is 1.07. The fourth-order valence-corrected chi connectivity index (χ4v) is 0.972. The molecule has 0 aliphatic rings. The van der Waals surface area contributed by atoms with Crippen molar-refractivity contribution >= 4 is 11.6 Å². The standard InChI is InChI=1S/C8H8ClN3O/c9-8-2-1-6(4-11-8)3-7(10)5-12-13/h1-2,4-5H,3,10H2/b7-5-. The van der Waals surface area contributed by atoms with Crippen LogP contribution in [0.4, 0.5) is 0 Å². The lowest BCUT2D eigenvalue weighted by Gasteiger charge is -1.99. The van der Waals surface area contributed by atoms with Crippen molar-refractivity contribution in [3.05, 3.63) is 45.9 Å². The van der Waals surface area contributed by atoms with Crippen LogP contribution in [-0.4, -0.2) is 4.98 Å². The largest absolute Gasteiger partial charge is 0.400 e. The first kappa shape index (κ1) is 9.67. The van der Waals surface area contributed by atoms with Crippen molar-refractivity contribution in [2.24, 2.45) is 10.9 Å². The van der Waals surface area contributed by atoms with Crippen LogP contribution in [0.15, 0.2) is 35.4 Å². The lowest BCUT2D eigenvalue weighted by atomic mass is 10.2. The van der Waals surface area contributed by atoms with Crippen LogP contribution in [0.25, 0.3) is 0 Å². The third-order valence-electron chi connectivity index (χ3n) is 1.42. The van der Waals surface area contributed by atoms with E-state index in [1.54, 1.807) is 18.3 Å². The highest BCUT2D eigenvalue weighted by molar-refractivity contribution is 6.29. The summed E-state index contributed by atoms with van der Waals surface area (Å²) in [6, 6.07) is 3.46. The van der Waals surface area contributed by atoms with Crippen molar-refractivity contribution < 1.29 is 0 Å². The van der Waals surface area contributed by atoms with Crippen LogP contribution in [0.3, 0.4) is 0 Å². The highest BCUT2D eigenvalue weighted by atomic mass is 35.5. The molecule has 0 saturated heterocycles. The Hall–Kier alpha value is -1.42. The van der Waals surface area contributed by atoms with Crippen molar-refractivity contribution in [1.82, 2.24) is 4.98 Å². The predicted molar refractivity (Wildman–Crippen MR) is 51.0 cm³/mol. The number of nitrogens with two attached hydrogens (primary N) is 1. The van der Waals surface area contributed by atoms with Crippen LogP contribution in [-0.2, 0) is 6.42 Å². The van der Waals surface area contributed by atoms with Gasteiger partial charge in [-0.15, -0.1) is 4.91 Å². The zero-order chi connectivity index (χ0) is 9.68. The Balaban J connectivity index is 2.69. The minimum atomic E-state index is 0.402. The lowest BCUT2D eigenvalue weighted by Crippen LogP contribution is -2.00. The van der Waals surface area contributed by atoms with Gasteiger partial charge in [0.15, 0.2) is 0 Å². The van der Waals surface area contributed by atoms with Crippen molar-refractivity contribution in [3.8, 4) is 0 Å². The molecular weight excluding hydrogens is 190 g/mol. The minimum Gasteiger partial charge on any atom is -0.400 e. The highest BCUT2D eigenvalue weighted by Gasteiger charge is 1.96. The predicted octanol–water partition coefficient (Wildman–Crippen LogP) is 1.84. The number of nitrogens with zero attached hydrogens (tertiary/aromatic N) is 2. The number of hydrogen-bond donors (Lipinski definition) is 1. The Morgan fingerprint density at radius 1 is 1.69 bits per heavy atom. The second-order valence-electron chi connectivity index (χ2n) is 2.48. The quantitative estimate of drug-likeness (QED) is 0.594. The van der Waals surface area contributed by atoms with E-state index in [1.807, 2.05) is 0 Å². The Morgan fingerprint density at radius 2 is 2.46 bits per heavy atom. The first-order chi connectivity index (χ1) is 6.22. The molecule has 1 rings (SSSR count). The van der Waals surface area contributed by atoms with Crippen molar-refractivity contribution in [3.63, 3.8) is 0 Å². The van der Waals surface area contributed by atoms with E-state index >= 15 is 0 Å². The molecule has 2 N–H and O–H groups in total. The van der Waals surface area contributed by atoms with Gasteiger partial charge in [0.05, 0.1) is 6.20 Å². The van der Waals surface area contributed by atoms with Gasteiger partial charge in [-0.1, -0.05) is 17.7 Å². The summed E-state index contributed by atoms with van der Waals surface area (Å²) < 4.78 is 0. The fourth-order valence-electron chi connectivity index (χ4n) is 0.860. The molecule has 0 unspecified atom stereocenters. The first-order valence-corrected chi connectivity index (χ1v) is 3.97. The molecule has 0 aromatic carbocycles. The molecule has 0 amide bonds. The summed E-state index contributed by atoms with van der Waals surface area (Å²) in [6.07, 6.45) is 3.14. The Morgan fingerprint density at radius 3 is 3.00 bits per heavy atom. The average Bonchev–Trinajstić information content (AvgIpc) is 2.09. The first-order valence-electron chi connectivity index (χ1n) is 3.60. The molecule has 0 radical (unpaired) electrons. The Kier molecular flexibility index (Phi) is 3.40. The van der Waals surface area contributed by atoms with Crippen LogP contribution in [0.2, 0.25) is 5.15 Å². The molecule has 0 spiro atoms. The van der Waals surface area contributed by atoms with Gasteiger partial charge >= 0.3 is 0 Å². The topological polar surface area (TPSA) is 68.3 Å². The minimum absolute atomic E-state index is 0.402. The number of halogens is 1. The molecule has 1 aromatic heterocycles. The summed E-state index contributed by atoms with van der Waals surface area (Å²) in [5, 5.41) is 3.00. The number of rotatable bonds is 3. The number of pyridine rings is 1. The third kappa shape index (κ3) is 3.21. The maximum atomic E-state index is 9.82. The SMILES string of the molecule is N/C(=C\N=O)Cc1ccc(Cl)nc1. The average molecular weight is 198 g/mol. The molecule has 13 heavy (non-hydrogen) atoms. The monoisotopic (exact) mass is 197 g/mol. The molecule has 0 bridgehead atoms. The van der Waals surface area contributed by atoms with Gasteiger partial charge in [-0.05, 0) is 16.8 Å². The molecule has 0 aliphatic heterocycles. The van der Waals surface area contributed by atoms with E-state index in [4.69, 9.17) is 17.3 Å². The second-order valence-corrected chi connectivity index (χ2v) is 2.86. The van der Waals surface area contributed by atoms with E-state index in [-0.39, 0.29) is 0 Å². The molecule has 0 saturated carbocycles. The molecule has 1 heterocycles. The molecule has 4 nitrogen and oxygen atoms in total. The van der Waals surface area contributed by atoms with Crippen molar-refractivity contribution in [2.45, 2.75) is 6.42 Å². The normalized spacial score (nSPS) is 11.3. The molecular formula is C8H8ClN3O. The second kappa shape index (κ2) is 4.57. The van der Waals surface area contributed by atoms with Crippen LogP contribution >= 0.6 is 11.6 Å². The van der Waals surface area contributed by atoms with Crippen LogP contribution in [0, 0.1) is 4.91 Å². The summed E-state index contributed by atoms with van der Waals surface area (Å²) in [6.45, 7) is 0. The van der Waals surface area contributed by atoms with Gasteiger partial charge in [-0.3, -0.25) is 0 Å². The van der Waals surface area contributed by atoms with E-state index in [1.165, 1.54) is 0 Å². The zero-order valence-electron chi connectivity index (χ0n) is 6.77. The Labute approximate surface area is 80.4 Å². The molecule has 0 fully saturated rings. The molecule has 1 aromatic rings. The molecule has 68 valence electrons. The van der Waals surface area contributed by atoms with E-state index in [0.717, 1.165) is 11.8 Å². The summed E-state index contributed by atoms with van der Waals surface area (Å²) in [7, 11) is 0. The highest BCUT2D eigenvalue weighted by Crippen LogP contribution is 2.07. The van der Waals surface area contributed by atoms with Gasteiger partial charge in [0.1, 0.15) is 5.15 Å². The number of nitroso groups, excluding NO2 is 1. The van der Waals surface area contributed by atoms with Gasteiger partial charge in [-0.25, -0.2) is 4.98 Å². The fraction of sp³-hybridized carbons (Fsp3) is 0.125.